The highest BCUT2D eigenvalue weighted by molar-refractivity contribution is 5.79. The Kier molecular flexibility index (Phi) is 5.49. The summed E-state index contributed by atoms with van der Waals surface area (Å²) in [5, 5.41) is 3.48. The summed E-state index contributed by atoms with van der Waals surface area (Å²) in [6, 6.07) is 0.558. The second-order valence-electron chi connectivity index (χ2n) is 6.66. The van der Waals surface area contributed by atoms with Gasteiger partial charge in [-0.2, -0.15) is 0 Å². The second kappa shape index (κ2) is 7.13. The van der Waals surface area contributed by atoms with Gasteiger partial charge in [0.1, 0.15) is 0 Å². The fraction of sp³-hybridized carbons (Fsp3) is 0.933. The quantitative estimate of drug-likeness (QED) is 0.318. The highest BCUT2D eigenvalue weighted by atomic mass is 15.3. The van der Waals surface area contributed by atoms with E-state index in [-0.39, 0.29) is 0 Å². The molecule has 0 spiro atoms. The molecule has 0 heterocycles. The van der Waals surface area contributed by atoms with E-state index in [0.717, 1.165) is 12.5 Å². The summed E-state index contributed by atoms with van der Waals surface area (Å²) in [5.41, 5.74) is 3.13. The number of nitrogens with one attached hydrogen (secondary N) is 2. The first kappa shape index (κ1) is 14.6. The minimum atomic E-state index is 0.384. The summed E-state index contributed by atoms with van der Waals surface area (Å²) in [7, 11) is 0. The fourth-order valence-corrected chi connectivity index (χ4v) is 3.41. The van der Waals surface area contributed by atoms with Gasteiger partial charge in [0.15, 0.2) is 0 Å². The monoisotopic (exact) mass is 266 g/mol. The molecule has 0 radical (unpaired) electrons. The highest BCUT2D eigenvalue weighted by Gasteiger charge is 2.26. The van der Waals surface area contributed by atoms with Crippen LogP contribution in [-0.2, 0) is 0 Å². The molecule has 0 bridgehead atoms. The number of hydrogen-bond acceptors (Lipinski definition) is 2. The third-order valence-electron chi connectivity index (χ3n) is 4.76. The number of hydrogen-bond donors (Lipinski definition) is 3. The Balaban J connectivity index is 1.83. The van der Waals surface area contributed by atoms with Crippen molar-refractivity contribution >= 4 is 5.96 Å². The Morgan fingerprint density at radius 2 is 1.74 bits per heavy atom. The minimum Gasteiger partial charge on any atom is -0.353 e. The van der Waals surface area contributed by atoms with Gasteiger partial charge in [-0.25, -0.2) is 5.84 Å². The van der Waals surface area contributed by atoms with Gasteiger partial charge in [0.05, 0.1) is 0 Å². The lowest BCUT2D eigenvalue weighted by atomic mass is 9.76. The van der Waals surface area contributed by atoms with Crippen LogP contribution < -0.4 is 16.6 Å². The predicted octanol–water partition coefficient (Wildman–Crippen LogP) is 2.70. The Hall–Kier alpha value is -0.770. The molecule has 2 aliphatic rings. The lowest BCUT2D eigenvalue weighted by molar-refractivity contribution is 0.226. The molecule has 19 heavy (non-hydrogen) atoms. The van der Waals surface area contributed by atoms with Crippen LogP contribution in [0.15, 0.2) is 4.99 Å². The zero-order valence-corrected chi connectivity index (χ0v) is 12.4. The van der Waals surface area contributed by atoms with Crippen molar-refractivity contribution in [2.45, 2.75) is 77.2 Å². The lowest BCUT2D eigenvalue weighted by Crippen LogP contribution is -2.47. The molecule has 4 nitrogen and oxygen atoms in total. The van der Waals surface area contributed by atoms with Gasteiger partial charge in [0, 0.05) is 12.6 Å². The van der Waals surface area contributed by atoms with E-state index in [9.17, 15) is 0 Å². The van der Waals surface area contributed by atoms with Crippen molar-refractivity contribution in [3.05, 3.63) is 0 Å². The molecule has 0 atom stereocenters. The van der Waals surface area contributed by atoms with Gasteiger partial charge in [-0.05, 0) is 31.1 Å². The number of rotatable bonds is 3. The average Bonchev–Trinajstić information content (AvgIpc) is 2.45. The van der Waals surface area contributed by atoms with Crippen LogP contribution in [0.4, 0.5) is 0 Å². The van der Waals surface area contributed by atoms with Gasteiger partial charge in [0.25, 0.3) is 0 Å². The van der Waals surface area contributed by atoms with Crippen LogP contribution in [0, 0.1) is 5.41 Å². The van der Waals surface area contributed by atoms with E-state index in [1.54, 1.807) is 0 Å². The van der Waals surface area contributed by atoms with Gasteiger partial charge in [0.2, 0.25) is 5.96 Å². The smallest absolute Gasteiger partial charge is 0.205 e. The first-order chi connectivity index (χ1) is 9.22. The van der Waals surface area contributed by atoms with Crippen molar-refractivity contribution in [3.8, 4) is 0 Å². The first-order valence-electron chi connectivity index (χ1n) is 7.99. The van der Waals surface area contributed by atoms with Crippen molar-refractivity contribution in [2.24, 2.45) is 16.3 Å². The number of guanidine groups is 1. The second-order valence-corrected chi connectivity index (χ2v) is 6.66. The largest absolute Gasteiger partial charge is 0.353 e. The molecule has 4 heteroatoms. The van der Waals surface area contributed by atoms with Crippen LogP contribution >= 0.6 is 0 Å². The molecule has 0 aromatic carbocycles. The molecule has 0 unspecified atom stereocenters. The van der Waals surface area contributed by atoms with Crippen LogP contribution in [0.2, 0.25) is 0 Å². The fourth-order valence-electron chi connectivity index (χ4n) is 3.41. The highest BCUT2D eigenvalue weighted by Crippen LogP contribution is 2.35. The maximum absolute atomic E-state index is 5.61. The molecule has 2 fully saturated rings. The molecular formula is C15H30N4. The zero-order chi connectivity index (χ0) is 13.6. The standard InChI is InChI=1S/C15H30N4/c1-15(10-6-3-7-11-15)12-17-14(19-16)18-13-8-4-2-5-9-13/h13H,2-12,16H2,1H3,(H2,17,18,19). The van der Waals surface area contributed by atoms with Crippen LogP contribution in [0.5, 0.6) is 0 Å². The molecule has 0 saturated heterocycles. The van der Waals surface area contributed by atoms with Gasteiger partial charge in [-0.3, -0.25) is 10.4 Å². The summed E-state index contributed by atoms with van der Waals surface area (Å²) >= 11 is 0. The van der Waals surface area contributed by atoms with E-state index in [4.69, 9.17) is 10.8 Å². The molecule has 0 aromatic heterocycles. The molecule has 4 N–H and O–H groups in total. The van der Waals surface area contributed by atoms with E-state index in [1.807, 2.05) is 0 Å². The van der Waals surface area contributed by atoms with Crippen molar-refractivity contribution in [1.29, 1.82) is 0 Å². The number of hydrazine groups is 1. The van der Waals surface area contributed by atoms with Gasteiger partial charge >= 0.3 is 0 Å². The van der Waals surface area contributed by atoms with Crippen LogP contribution in [0.1, 0.15) is 71.1 Å². The van der Waals surface area contributed by atoms with Crippen LogP contribution in [-0.4, -0.2) is 18.5 Å². The average molecular weight is 266 g/mol. The molecule has 2 saturated carbocycles. The van der Waals surface area contributed by atoms with E-state index in [2.05, 4.69) is 17.7 Å². The van der Waals surface area contributed by atoms with E-state index in [0.29, 0.717) is 11.5 Å². The molecular weight excluding hydrogens is 236 g/mol. The van der Waals surface area contributed by atoms with Gasteiger partial charge in [-0.15, -0.1) is 0 Å². The SMILES string of the molecule is CC1(CN=C(NN)NC2CCCCC2)CCCCC1. The number of nitrogens with two attached hydrogens (primary N) is 1. The van der Waals surface area contributed by atoms with E-state index in [1.165, 1.54) is 64.2 Å². The van der Waals surface area contributed by atoms with E-state index >= 15 is 0 Å². The van der Waals surface area contributed by atoms with Crippen molar-refractivity contribution in [2.75, 3.05) is 6.54 Å². The third kappa shape index (κ3) is 4.68. The summed E-state index contributed by atoms with van der Waals surface area (Å²) < 4.78 is 0. The van der Waals surface area contributed by atoms with E-state index < -0.39 is 0 Å². The van der Waals surface area contributed by atoms with Gasteiger partial charge in [-0.1, -0.05) is 45.4 Å². The molecule has 110 valence electrons. The molecule has 0 aromatic rings. The molecule has 0 aliphatic heterocycles. The normalized spacial score (nSPS) is 25.1. The minimum absolute atomic E-state index is 0.384. The topological polar surface area (TPSA) is 62.4 Å². The van der Waals surface area contributed by atoms with Gasteiger partial charge < -0.3 is 5.32 Å². The Morgan fingerprint density at radius 1 is 1.11 bits per heavy atom. The lowest BCUT2D eigenvalue weighted by Gasteiger charge is -2.32. The summed E-state index contributed by atoms with van der Waals surface area (Å²) in [4.78, 5) is 4.70. The molecule has 2 rings (SSSR count). The zero-order valence-electron chi connectivity index (χ0n) is 12.4. The Morgan fingerprint density at radius 3 is 2.37 bits per heavy atom. The Bertz CT molecular complexity index is 289. The maximum Gasteiger partial charge on any atom is 0.205 e. The summed E-state index contributed by atoms with van der Waals surface area (Å²) in [5.74, 6) is 6.40. The summed E-state index contributed by atoms with van der Waals surface area (Å²) in [6.45, 7) is 3.26. The van der Waals surface area contributed by atoms with Crippen LogP contribution in [0.25, 0.3) is 0 Å². The van der Waals surface area contributed by atoms with Crippen molar-refractivity contribution in [3.63, 3.8) is 0 Å². The van der Waals surface area contributed by atoms with Crippen molar-refractivity contribution in [1.82, 2.24) is 10.7 Å². The van der Waals surface area contributed by atoms with Crippen LogP contribution in [0.3, 0.4) is 0 Å². The molecule has 2 aliphatic carbocycles. The predicted molar refractivity (Wildman–Crippen MR) is 80.8 cm³/mol. The first-order valence-corrected chi connectivity index (χ1v) is 7.99. The molecule has 0 amide bonds. The Labute approximate surface area is 117 Å². The van der Waals surface area contributed by atoms with Crippen molar-refractivity contribution < 1.29 is 0 Å². The maximum atomic E-state index is 5.61. The number of nitrogens with zero attached hydrogens (tertiary/aromatic N) is 1. The summed E-state index contributed by atoms with van der Waals surface area (Å²) in [6.07, 6.45) is 13.2. The number of aliphatic imine (C=N–C) groups is 1. The third-order valence-corrected chi connectivity index (χ3v) is 4.76.